The van der Waals surface area contributed by atoms with Crippen LogP contribution in [0.15, 0.2) is 54.6 Å². The van der Waals surface area contributed by atoms with Crippen molar-refractivity contribution in [1.82, 2.24) is 9.97 Å². The Balaban J connectivity index is 1.90. The summed E-state index contributed by atoms with van der Waals surface area (Å²) in [5.74, 6) is 0.0931. The molecule has 0 fully saturated rings. The molecule has 0 unspecified atom stereocenters. The van der Waals surface area contributed by atoms with Gasteiger partial charge in [0.05, 0.1) is 5.69 Å². The maximum atomic E-state index is 13.4. The van der Waals surface area contributed by atoms with Crippen molar-refractivity contribution < 1.29 is 22.3 Å². The first-order valence-electron chi connectivity index (χ1n) is 9.72. The summed E-state index contributed by atoms with van der Waals surface area (Å²) in [5, 5.41) is 6.28. The molecule has 2 N–H and O–H groups in total. The summed E-state index contributed by atoms with van der Waals surface area (Å²) >= 11 is 0. The van der Waals surface area contributed by atoms with Crippen molar-refractivity contribution in [2.45, 2.75) is 39.2 Å². The molecule has 31 heavy (non-hydrogen) atoms. The highest BCUT2D eigenvalue weighted by Gasteiger charge is 2.31. The van der Waals surface area contributed by atoms with E-state index >= 15 is 0 Å². The Labute approximate surface area is 177 Å². The van der Waals surface area contributed by atoms with Crippen LogP contribution in [0.5, 0.6) is 5.75 Å². The fraction of sp³-hybridized carbons (Fsp3) is 0.273. The van der Waals surface area contributed by atoms with E-state index in [-0.39, 0.29) is 17.6 Å². The van der Waals surface area contributed by atoms with E-state index in [2.05, 4.69) is 25.3 Å². The van der Waals surface area contributed by atoms with E-state index < -0.39 is 6.36 Å². The Morgan fingerprint density at radius 1 is 1.03 bits per heavy atom. The molecule has 0 spiro atoms. The normalized spacial score (nSPS) is 12.3. The number of rotatable bonds is 8. The van der Waals surface area contributed by atoms with Crippen molar-refractivity contribution in [3.8, 4) is 17.0 Å². The minimum Gasteiger partial charge on any atom is -0.406 e. The van der Waals surface area contributed by atoms with Gasteiger partial charge in [-0.25, -0.2) is 9.37 Å². The van der Waals surface area contributed by atoms with Crippen molar-refractivity contribution >= 4 is 11.8 Å². The van der Waals surface area contributed by atoms with Gasteiger partial charge in [0.25, 0.3) is 0 Å². The van der Waals surface area contributed by atoms with Crippen LogP contribution < -0.4 is 15.4 Å². The van der Waals surface area contributed by atoms with E-state index in [0.29, 0.717) is 29.6 Å². The van der Waals surface area contributed by atoms with Crippen molar-refractivity contribution in [3.63, 3.8) is 0 Å². The zero-order valence-electron chi connectivity index (χ0n) is 17.0. The molecule has 0 amide bonds. The molecule has 0 aliphatic heterocycles. The summed E-state index contributed by atoms with van der Waals surface area (Å²) in [6.45, 7) is 4.28. The lowest BCUT2D eigenvalue weighted by Gasteiger charge is -2.15. The number of nitrogens with zero attached hydrogens (tertiary/aromatic N) is 2. The van der Waals surface area contributed by atoms with Gasteiger partial charge in [-0.3, -0.25) is 0 Å². The molecule has 0 bridgehead atoms. The number of anilines is 2. The van der Waals surface area contributed by atoms with Crippen molar-refractivity contribution in [2.75, 3.05) is 10.6 Å². The number of ether oxygens (including phenoxy) is 1. The topological polar surface area (TPSA) is 59.1 Å². The molecule has 164 valence electrons. The molecule has 5 nitrogen and oxygen atoms in total. The Morgan fingerprint density at radius 3 is 2.52 bits per heavy atom. The molecular formula is C22H22F4N4O. The molecule has 0 saturated carbocycles. The molecule has 3 aromatic rings. The number of halogens is 4. The van der Waals surface area contributed by atoms with Crippen LogP contribution in [0.1, 0.15) is 25.8 Å². The summed E-state index contributed by atoms with van der Waals surface area (Å²) in [6, 6.07) is 13.4. The summed E-state index contributed by atoms with van der Waals surface area (Å²) < 4.78 is 55.2. The lowest BCUT2D eigenvalue weighted by Crippen LogP contribution is -2.17. The smallest absolute Gasteiger partial charge is 0.406 e. The molecule has 9 heteroatoms. The van der Waals surface area contributed by atoms with Gasteiger partial charge >= 0.3 is 6.36 Å². The number of hydrogen-bond acceptors (Lipinski definition) is 5. The van der Waals surface area contributed by atoms with Crippen LogP contribution in [0, 0.1) is 5.82 Å². The molecular weight excluding hydrogens is 412 g/mol. The van der Waals surface area contributed by atoms with E-state index in [1.165, 1.54) is 30.3 Å². The van der Waals surface area contributed by atoms with Crippen LogP contribution in [-0.4, -0.2) is 22.4 Å². The highest BCUT2D eigenvalue weighted by molar-refractivity contribution is 5.66. The second-order valence-corrected chi connectivity index (χ2v) is 6.97. The summed E-state index contributed by atoms with van der Waals surface area (Å²) in [4.78, 5) is 8.87. The summed E-state index contributed by atoms with van der Waals surface area (Å²) in [6.07, 6.45) is -3.96. The van der Waals surface area contributed by atoms with Crippen LogP contribution in [-0.2, 0) is 6.54 Å². The third-order valence-electron chi connectivity index (χ3n) is 4.44. The van der Waals surface area contributed by atoms with Gasteiger partial charge in [-0.2, -0.15) is 4.98 Å². The zero-order valence-corrected chi connectivity index (χ0v) is 17.0. The number of aromatic nitrogens is 2. The van der Waals surface area contributed by atoms with Crippen LogP contribution >= 0.6 is 0 Å². The predicted octanol–water partition coefficient (Wildman–Crippen LogP) is 6.00. The number of nitrogens with one attached hydrogen (secondary N) is 2. The van der Waals surface area contributed by atoms with Crippen molar-refractivity contribution in [3.05, 3.63) is 66.0 Å². The van der Waals surface area contributed by atoms with Gasteiger partial charge in [-0.15, -0.1) is 13.2 Å². The molecule has 2 aromatic carbocycles. The Morgan fingerprint density at radius 2 is 1.81 bits per heavy atom. The Hall–Kier alpha value is -3.36. The maximum absolute atomic E-state index is 13.4. The minimum absolute atomic E-state index is 0.0891. The summed E-state index contributed by atoms with van der Waals surface area (Å²) in [7, 11) is 0. The maximum Gasteiger partial charge on any atom is 0.573 e. The second kappa shape index (κ2) is 9.63. The van der Waals surface area contributed by atoms with Crippen LogP contribution in [0.25, 0.3) is 11.3 Å². The monoisotopic (exact) mass is 434 g/mol. The summed E-state index contributed by atoms with van der Waals surface area (Å²) in [5.41, 5.74) is 1.57. The molecule has 0 aliphatic rings. The number of alkyl halides is 3. The lowest BCUT2D eigenvalue weighted by atomic mass is 10.1. The molecule has 1 heterocycles. The van der Waals surface area contributed by atoms with E-state index in [9.17, 15) is 17.6 Å². The third-order valence-corrected chi connectivity index (χ3v) is 4.44. The highest BCUT2D eigenvalue weighted by atomic mass is 19.4. The third kappa shape index (κ3) is 6.84. The van der Waals surface area contributed by atoms with Gasteiger partial charge in [-0.05, 0) is 43.2 Å². The van der Waals surface area contributed by atoms with Gasteiger partial charge in [0.15, 0.2) is 0 Å². The van der Waals surface area contributed by atoms with Crippen LogP contribution in [0.4, 0.5) is 29.3 Å². The number of benzene rings is 2. The van der Waals surface area contributed by atoms with Crippen molar-refractivity contribution in [1.29, 1.82) is 0 Å². The lowest BCUT2D eigenvalue weighted by molar-refractivity contribution is -0.274. The molecule has 1 atom stereocenters. The molecule has 0 radical (unpaired) electrons. The fourth-order valence-corrected chi connectivity index (χ4v) is 2.76. The quantitative estimate of drug-likeness (QED) is 0.426. The Kier molecular flexibility index (Phi) is 6.94. The largest absolute Gasteiger partial charge is 0.573 e. The first kappa shape index (κ1) is 22.3. The second-order valence-electron chi connectivity index (χ2n) is 6.97. The predicted molar refractivity (Wildman–Crippen MR) is 111 cm³/mol. The van der Waals surface area contributed by atoms with Gasteiger partial charge in [0.2, 0.25) is 5.95 Å². The Bertz CT molecular complexity index is 1030. The average molecular weight is 434 g/mol. The number of hydrogen-bond donors (Lipinski definition) is 2. The first-order valence-corrected chi connectivity index (χ1v) is 9.72. The SMILES string of the molecule is CC[C@@H](C)Nc1nc(NCc2cccc(F)c2)cc(-c2cccc(OC(F)(F)F)c2)n1. The van der Waals surface area contributed by atoms with E-state index in [1.54, 1.807) is 24.3 Å². The average Bonchev–Trinajstić information content (AvgIpc) is 2.71. The molecule has 0 aliphatic carbocycles. The van der Waals surface area contributed by atoms with Gasteiger partial charge in [-0.1, -0.05) is 31.2 Å². The van der Waals surface area contributed by atoms with E-state index in [0.717, 1.165) is 12.0 Å². The van der Waals surface area contributed by atoms with Gasteiger partial charge < -0.3 is 15.4 Å². The molecule has 0 saturated heterocycles. The highest BCUT2D eigenvalue weighted by Crippen LogP contribution is 2.29. The van der Waals surface area contributed by atoms with E-state index in [1.807, 2.05) is 13.8 Å². The molecule has 3 rings (SSSR count). The minimum atomic E-state index is -4.79. The fourth-order valence-electron chi connectivity index (χ4n) is 2.76. The van der Waals surface area contributed by atoms with Gasteiger partial charge in [0.1, 0.15) is 17.4 Å². The van der Waals surface area contributed by atoms with E-state index in [4.69, 9.17) is 0 Å². The van der Waals surface area contributed by atoms with Crippen LogP contribution in [0.2, 0.25) is 0 Å². The zero-order chi connectivity index (χ0) is 22.4. The van der Waals surface area contributed by atoms with Crippen molar-refractivity contribution in [2.24, 2.45) is 0 Å². The van der Waals surface area contributed by atoms with Crippen LogP contribution in [0.3, 0.4) is 0 Å². The molecule has 1 aromatic heterocycles. The van der Waals surface area contributed by atoms with Gasteiger partial charge in [0, 0.05) is 24.2 Å². The first-order chi connectivity index (χ1) is 14.7. The standard InChI is InChI=1S/C22H22F4N4O/c1-3-14(2)28-21-29-19(16-7-5-9-18(11-16)31-22(24,25)26)12-20(30-21)27-13-15-6-4-8-17(23)10-15/h4-12,14H,3,13H2,1-2H3,(H2,27,28,29,30)/t14-/m1/s1.